The number of ether oxygens (including phenoxy) is 2. The van der Waals surface area contributed by atoms with Crippen molar-refractivity contribution in [3.05, 3.63) is 54.1 Å². The van der Waals surface area contributed by atoms with Crippen LogP contribution in [0.15, 0.2) is 53.4 Å². The highest BCUT2D eigenvalue weighted by atomic mass is 32.2. The van der Waals surface area contributed by atoms with E-state index in [9.17, 15) is 13.2 Å². The average molecular weight is 459 g/mol. The van der Waals surface area contributed by atoms with E-state index in [4.69, 9.17) is 9.47 Å². The third-order valence-electron chi connectivity index (χ3n) is 5.07. The highest BCUT2D eigenvalue weighted by Crippen LogP contribution is 2.31. The van der Waals surface area contributed by atoms with E-state index >= 15 is 0 Å². The number of amides is 1. The normalized spacial score (nSPS) is 15.1. The molecule has 0 unspecified atom stereocenters. The summed E-state index contributed by atoms with van der Waals surface area (Å²) in [7, 11) is -2.04. The number of nitrogens with one attached hydrogen (secondary N) is 1. The Morgan fingerprint density at radius 3 is 2.38 bits per heavy atom. The van der Waals surface area contributed by atoms with Crippen molar-refractivity contribution < 1.29 is 22.7 Å². The molecule has 32 heavy (non-hydrogen) atoms. The molecule has 2 aromatic carbocycles. The Hall–Kier alpha value is -2.84. The molecule has 1 fully saturated rings. The van der Waals surface area contributed by atoms with Gasteiger partial charge in [0, 0.05) is 19.2 Å². The van der Waals surface area contributed by atoms with Crippen molar-refractivity contribution in [2.75, 3.05) is 25.5 Å². The lowest BCUT2D eigenvalue weighted by Crippen LogP contribution is -2.35. The van der Waals surface area contributed by atoms with Crippen LogP contribution >= 0.6 is 0 Å². The Morgan fingerprint density at radius 2 is 1.75 bits per heavy atom. The molecule has 1 aliphatic heterocycles. The quantitative estimate of drug-likeness (QED) is 0.596. The molecular weight excluding hydrogens is 428 g/mol. The standard InChI is InChI=1S/C24H30N2O5S/c1-18(2)31-23-13-12-21(32(28,29)26-15-5-4-6-16-26)17-22(23)25-24(27)14-9-19-7-10-20(30-3)11-8-19/h7-14,17-18H,4-6,15-16H2,1-3H3,(H,25,27)/b14-9+. The molecule has 0 saturated carbocycles. The van der Waals surface area contributed by atoms with E-state index in [0.717, 1.165) is 30.6 Å². The van der Waals surface area contributed by atoms with Crippen LogP contribution in [0.4, 0.5) is 5.69 Å². The first kappa shape index (κ1) is 23.8. The molecule has 0 aromatic heterocycles. The maximum Gasteiger partial charge on any atom is 0.248 e. The van der Waals surface area contributed by atoms with Crippen LogP contribution in [0.25, 0.3) is 6.08 Å². The molecular formula is C24H30N2O5S. The number of rotatable bonds is 8. The van der Waals surface area contributed by atoms with Crippen LogP contribution in [0.2, 0.25) is 0 Å². The molecule has 0 aliphatic carbocycles. The van der Waals surface area contributed by atoms with Gasteiger partial charge in [-0.2, -0.15) is 4.31 Å². The summed E-state index contributed by atoms with van der Waals surface area (Å²) in [6.45, 7) is 4.76. The summed E-state index contributed by atoms with van der Waals surface area (Å²) in [5.41, 5.74) is 1.15. The SMILES string of the molecule is COc1ccc(/C=C/C(=O)Nc2cc(S(=O)(=O)N3CCCCC3)ccc2OC(C)C)cc1. The van der Waals surface area contributed by atoms with Crippen LogP contribution in [-0.4, -0.2) is 44.9 Å². The third-order valence-corrected chi connectivity index (χ3v) is 6.96. The lowest BCUT2D eigenvalue weighted by atomic mass is 10.2. The van der Waals surface area contributed by atoms with Crippen LogP contribution in [0, 0.1) is 0 Å². The van der Waals surface area contributed by atoms with Crippen molar-refractivity contribution in [3.8, 4) is 11.5 Å². The number of methoxy groups -OCH3 is 1. The zero-order valence-corrected chi connectivity index (χ0v) is 19.5. The fourth-order valence-corrected chi connectivity index (χ4v) is 4.98. The summed E-state index contributed by atoms with van der Waals surface area (Å²) in [6, 6.07) is 11.9. The maximum atomic E-state index is 13.1. The van der Waals surface area contributed by atoms with Crippen molar-refractivity contribution in [3.63, 3.8) is 0 Å². The van der Waals surface area contributed by atoms with Gasteiger partial charge in [0.1, 0.15) is 11.5 Å². The molecule has 0 atom stereocenters. The highest BCUT2D eigenvalue weighted by Gasteiger charge is 2.27. The Bertz CT molecular complexity index is 1060. The summed E-state index contributed by atoms with van der Waals surface area (Å²) in [5, 5.41) is 2.77. The molecule has 1 amide bonds. The zero-order chi connectivity index (χ0) is 23.1. The lowest BCUT2D eigenvalue weighted by molar-refractivity contribution is -0.111. The number of anilines is 1. The molecule has 2 aromatic rings. The number of sulfonamides is 1. The van der Waals surface area contributed by atoms with Gasteiger partial charge >= 0.3 is 0 Å². The second kappa shape index (κ2) is 10.7. The Morgan fingerprint density at radius 1 is 1.06 bits per heavy atom. The van der Waals surface area contributed by atoms with Gasteiger partial charge in [-0.1, -0.05) is 18.6 Å². The number of piperidine rings is 1. The molecule has 1 heterocycles. The number of carbonyl (C=O) groups excluding carboxylic acids is 1. The predicted octanol–water partition coefficient (Wildman–Crippen LogP) is 4.31. The maximum absolute atomic E-state index is 13.1. The van der Waals surface area contributed by atoms with Crippen molar-refractivity contribution in [2.45, 2.75) is 44.1 Å². The monoisotopic (exact) mass is 458 g/mol. The van der Waals surface area contributed by atoms with Gasteiger partial charge in [0.25, 0.3) is 0 Å². The topological polar surface area (TPSA) is 84.9 Å². The summed E-state index contributed by atoms with van der Waals surface area (Å²) in [4.78, 5) is 12.7. The first-order valence-corrected chi connectivity index (χ1v) is 12.2. The Kier molecular flexibility index (Phi) is 7.93. The van der Waals surface area contributed by atoms with Gasteiger partial charge < -0.3 is 14.8 Å². The van der Waals surface area contributed by atoms with Gasteiger partial charge in [-0.05, 0) is 68.7 Å². The van der Waals surface area contributed by atoms with E-state index < -0.39 is 10.0 Å². The minimum absolute atomic E-state index is 0.134. The average Bonchev–Trinajstić information content (AvgIpc) is 2.79. The zero-order valence-electron chi connectivity index (χ0n) is 18.7. The molecule has 1 N–H and O–H groups in total. The summed E-state index contributed by atoms with van der Waals surface area (Å²) in [5.74, 6) is 0.763. The van der Waals surface area contributed by atoms with Gasteiger partial charge in [0.05, 0.1) is 23.8 Å². The largest absolute Gasteiger partial charge is 0.497 e. The van der Waals surface area contributed by atoms with Crippen molar-refractivity contribution >= 4 is 27.7 Å². The Labute approximate surface area is 190 Å². The van der Waals surface area contributed by atoms with Crippen LogP contribution in [0.5, 0.6) is 11.5 Å². The minimum atomic E-state index is -3.63. The smallest absolute Gasteiger partial charge is 0.248 e. The van der Waals surface area contributed by atoms with E-state index in [-0.39, 0.29) is 16.9 Å². The number of hydrogen-bond acceptors (Lipinski definition) is 5. The van der Waals surface area contributed by atoms with Gasteiger partial charge in [-0.15, -0.1) is 0 Å². The second-order valence-electron chi connectivity index (χ2n) is 7.89. The second-order valence-corrected chi connectivity index (χ2v) is 9.82. The predicted molar refractivity (Wildman–Crippen MR) is 125 cm³/mol. The summed E-state index contributed by atoms with van der Waals surface area (Å²) >= 11 is 0. The molecule has 172 valence electrons. The number of benzene rings is 2. The van der Waals surface area contributed by atoms with E-state index in [2.05, 4.69) is 5.32 Å². The first-order valence-electron chi connectivity index (χ1n) is 10.7. The van der Waals surface area contributed by atoms with E-state index in [1.54, 1.807) is 31.4 Å². The van der Waals surface area contributed by atoms with Crippen LogP contribution in [0.3, 0.4) is 0 Å². The lowest BCUT2D eigenvalue weighted by Gasteiger charge is -2.26. The van der Waals surface area contributed by atoms with Gasteiger partial charge in [0.2, 0.25) is 15.9 Å². The molecule has 7 nitrogen and oxygen atoms in total. The molecule has 1 aliphatic rings. The Balaban J connectivity index is 1.82. The van der Waals surface area contributed by atoms with Crippen LogP contribution < -0.4 is 14.8 Å². The first-order chi connectivity index (χ1) is 15.3. The van der Waals surface area contributed by atoms with Crippen molar-refractivity contribution in [1.29, 1.82) is 0 Å². The van der Waals surface area contributed by atoms with Gasteiger partial charge in [-0.3, -0.25) is 4.79 Å². The van der Waals surface area contributed by atoms with Gasteiger partial charge in [0.15, 0.2) is 0 Å². The molecule has 8 heteroatoms. The number of carbonyl (C=O) groups is 1. The van der Waals surface area contributed by atoms with E-state index in [0.29, 0.717) is 24.5 Å². The van der Waals surface area contributed by atoms with E-state index in [1.165, 1.54) is 22.5 Å². The number of hydrogen-bond donors (Lipinski definition) is 1. The number of nitrogens with zero attached hydrogens (tertiary/aromatic N) is 1. The molecule has 0 bridgehead atoms. The highest BCUT2D eigenvalue weighted by molar-refractivity contribution is 7.89. The van der Waals surface area contributed by atoms with Crippen LogP contribution in [0.1, 0.15) is 38.7 Å². The van der Waals surface area contributed by atoms with Gasteiger partial charge in [-0.25, -0.2) is 8.42 Å². The molecule has 0 spiro atoms. The van der Waals surface area contributed by atoms with E-state index in [1.807, 2.05) is 26.0 Å². The summed E-state index contributed by atoms with van der Waals surface area (Å²) in [6.07, 6.45) is 5.68. The fraction of sp³-hybridized carbons (Fsp3) is 0.375. The molecule has 0 radical (unpaired) electrons. The van der Waals surface area contributed by atoms with Crippen molar-refractivity contribution in [1.82, 2.24) is 4.31 Å². The minimum Gasteiger partial charge on any atom is -0.497 e. The molecule has 1 saturated heterocycles. The summed E-state index contributed by atoms with van der Waals surface area (Å²) < 4.78 is 38.6. The molecule has 3 rings (SSSR count). The third kappa shape index (κ3) is 6.11. The fourth-order valence-electron chi connectivity index (χ4n) is 3.44. The van der Waals surface area contributed by atoms with Crippen molar-refractivity contribution in [2.24, 2.45) is 0 Å². The van der Waals surface area contributed by atoms with Crippen LogP contribution in [-0.2, 0) is 14.8 Å².